The molecule has 1 saturated heterocycles. The lowest BCUT2D eigenvalue weighted by molar-refractivity contribution is 0.134. The van der Waals surface area contributed by atoms with Crippen LogP contribution in [0.4, 0.5) is 0 Å². The van der Waals surface area contributed by atoms with Crippen molar-refractivity contribution in [2.24, 2.45) is 5.84 Å². The Morgan fingerprint density at radius 2 is 1.58 bits per heavy atom. The highest BCUT2D eigenvalue weighted by Gasteiger charge is 2.11. The molecule has 0 radical (unpaired) electrons. The van der Waals surface area contributed by atoms with E-state index in [9.17, 15) is 0 Å². The molecule has 1 aliphatic rings. The molecule has 1 fully saturated rings. The first-order valence-electron chi connectivity index (χ1n) is 5.05. The molecule has 3 heteroatoms. The second kappa shape index (κ2) is 7.53. The first-order chi connectivity index (χ1) is 5.83. The second-order valence-corrected chi connectivity index (χ2v) is 2.88. The van der Waals surface area contributed by atoms with Gasteiger partial charge in [0, 0.05) is 26.2 Å². The third-order valence-electron chi connectivity index (χ3n) is 1.95. The zero-order valence-corrected chi connectivity index (χ0v) is 8.71. The van der Waals surface area contributed by atoms with Gasteiger partial charge in [0.25, 0.3) is 0 Å². The van der Waals surface area contributed by atoms with Crippen molar-refractivity contribution in [2.75, 3.05) is 32.7 Å². The number of hydrogen-bond acceptors (Lipinski definition) is 3. The summed E-state index contributed by atoms with van der Waals surface area (Å²) in [5, 5.41) is 1.90. The summed E-state index contributed by atoms with van der Waals surface area (Å²) < 4.78 is 0. The lowest BCUT2D eigenvalue weighted by Gasteiger charge is -2.31. The van der Waals surface area contributed by atoms with Crippen molar-refractivity contribution in [1.29, 1.82) is 0 Å². The van der Waals surface area contributed by atoms with Crippen LogP contribution in [0.5, 0.6) is 0 Å². The van der Waals surface area contributed by atoms with Crippen LogP contribution in [0.25, 0.3) is 0 Å². The van der Waals surface area contributed by atoms with E-state index in [0.29, 0.717) is 0 Å². The largest absolute Gasteiger partial charge is 0.301 e. The molecule has 0 aromatic carbocycles. The first kappa shape index (κ1) is 11.9. The topological polar surface area (TPSA) is 32.5 Å². The van der Waals surface area contributed by atoms with Crippen molar-refractivity contribution in [3.63, 3.8) is 0 Å². The Morgan fingerprint density at radius 3 is 2.00 bits per heavy atom. The molecule has 0 aromatic rings. The van der Waals surface area contributed by atoms with Crippen molar-refractivity contribution in [3.05, 3.63) is 0 Å². The minimum absolute atomic E-state index is 1.03. The summed E-state index contributed by atoms with van der Waals surface area (Å²) in [6.07, 6.45) is 1.25. The highest BCUT2D eigenvalue weighted by Crippen LogP contribution is 1.97. The number of piperazine rings is 1. The van der Waals surface area contributed by atoms with E-state index in [2.05, 4.69) is 11.8 Å². The summed E-state index contributed by atoms with van der Waals surface area (Å²) in [5.41, 5.74) is 0. The van der Waals surface area contributed by atoms with Crippen LogP contribution >= 0.6 is 0 Å². The van der Waals surface area contributed by atoms with Crippen molar-refractivity contribution >= 4 is 0 Å². The van der Waals surface area contributed by atoms with Gasteiger partial charge in [-0.05, 0) is 13.0 Å². The van der Waals surface area contributed by atoms with Crippen molar-refractivity contribution in [1.82, 2.24) is 9.91 Å². The Balaban J connectivity index is 0.000000561. The zero-order valence-electron chi connectivity index (χ0n) is 8.71. The van der Waals surface area contributed by atoms with Crippen LogP contribution in [0.1, 0.15) is 27.2 Å². The Hall–Kier alpha value is -0.120. The standard InChI is InChI=1S/C7H17N3.C2H6/c1-2-3-9-4-6-10(8)7-5-9;1-2/h2-8H2,1H3;1-2H3. The van der Waals surface area contributed by atoms with Crippen LogP contribution in [0.3, 0.4) is 0 Å². The van der Waals surface area contributed by atoms with E-state index in [1.807, 2.05) is 18.9 Å². The fourth-order valence-electron chi connectivity index (χ4n) is 1.30. The molecule has 0 unspecified atom stereocenters. The molecule has 1 heterocycles. The monoisotopic (exact) mass is 173 g/mol. The molecule has 0 aliphatic carbocycles. The average Bonchev–Trinajstić information content (AvgIpc) is 2.13. The smallest absolute Gasteiger partial charge is 0.0257 e. The molecule has 0 atom stereocenters. The van der Waals surface area contributed by atoms with Gasteiger partial charge in [0.15, 0.2) is 0 Å². The predicted octanol–water partition coefficient (Wildman–Crippen LogP) is 0.914. The summed E-state index contributed by atoms with van der Waals surface area (Å²) >= 11 is 0. The molecule has 0 spiro atoms. The van der Waals surface area contributed by atoms with Crippen molar-refractivity contribution < 1.29 is 0 Å². The maximum atomic E-state index is 5.60. The van der Waals surface area contributed by atoms with Gasteiger partial charge >= 0.3 is 0 Å². The van der Waals surface area contributed by atoms with Crippen LogP contribution in [-0.4, -0.2) is 42.6 Å². The van der Waals surface area contributed by atoms with Crippen LogP contribution in [0.15, 0.2) is 0 Å². The Labute approximate surface area is 76.5 Å². The van der Waals surface area contributed by atoms with E-state index in [-0.39, 0.29) is 0 Å². The first-order valence-corrected chi connectivity index (χ1v) is 5.05. The van der Waals surface area contributed by atoms with Crippen LogP contribution in [-0.2, 0) is 0 Å². The quantitative estimate of drug-likeness (QED) is 0.630. The van der Waals surface area contributed by atoms with Crippen molar-refractivity contribution in [2.45, 2.75) is 27.2 Å². The summed E-state index contributed by atoms with van der Waals surface area (Å²) in [5.74, 6) is 5.60. The number of nitrogens with zero attached hydrogens (tertiary/aromatic N) is 2. The third-order valence-corrected chi connectivity index (χ3v) is 1.95. The zero-order chi connectivity index (χ0) is 9.40. The van der Waals surface area contributed by atoms with Crippen LogP contribution < -0.4 is 5.84 Å². The van der Waals surface area contributed by atoms with Gasteiger partial charge in [-0.1, -0.05) is 20.8 Å². The molecular formula is C9H23N3. The number of nitrogens with two attached hydrogens (primary N) is 1. The normalized spacial score (nSPS) is 20.0. The fraction of sp³-hybridized carbons (Fsp3) is 1.00. The fourth-order valence-corrected chi connectivity index (χ4v) is 1.30. The Bertz CT molecular complexity index is 87.8. The summed E-state index contributed by atoms with van der Waals surface area (Å²) in [6.45, 7) is 11.8. The highest BCUT2D eigenvalue weighted by atomic mass is 15.4. The number of hydrogen-bond donors (Lipinski definition) is 1. The molecule has 12 heavy (non-hydrogen) atoms. The lowest BCUT2D eigenvalue weighted by atomic mass is 10.3. The summed E-state index contributed by atoms with van der Waals surface area (Å²) in [7, 11) is 0. The van der Waals surface area contributed by atoms with E-state index in [1.165, 1.54) is 13.0 Å². The van der Waals surface area contributed by atoms with Gasteiger partial charge in [-0.25, -0.2) is 5.01 Å². The maximum Gasteiger partial charge on any atom is 0.0257 e. The molecular weight excluding hydrogens is 150 g/mol. The number of rotatable bonds is 2. The van der Waals surface area contributed by atoms with Crippen molar-refractivity contribution in [3.8, 4) is 0 Å². The van der Waals surface area contributed by atoms with Gasteiger partial charge in [0.1, 0.15) is 0 Å². The van der Waals surface area contributed by atoms with Crippen LogP contribution in [0.2, 0.25) is 0 Å². The molecule has 74 valence electrons. The molecule has 0 aromatic heterocycles. The summed E-state index contributed by atoms with van der Waals surface area (Å²) in [4.78, 5) is 2.46. The van der Waals surface area contributed by atoms with Gasteiger partial charge in [-0.3, -0.25) is 5.84 Å². The van der Waals surface area contributed by atoms with E-state index >= 15 is 0 Å². The minimum Gasteiger partial charge on any atom is -0.301 e. The third kappa shape index (κ3) is 4.70. The maximum absolute atomic E-state index is 5.60. The highest BCUT2D eigenvalue weighted by molar-refractivity contribution is 4.66. The molecule has 1 aliphatic heterocycles. The van der Waals surface area contributed by atoms with E-state index < -0.39 is 0 Å². The van der Waals surface area contributed by atoms with E-state index in [0.717, 1.165) is 26.2 Å². The average molecular weight is 173 g/mol. The SMILES string of the molecule is CC.CCCN1CCN(N)CC1. The molecule has 0 amide bonds. The van der Waals surface area contributed by atoms with Gasteiger partial charge in [-0.15, -0.1) is 0 Å². The van der Waals surface area contributed by atoms with Gasteiger partial charge in [-0.2, -0.15) is 0 Å². The van der Waals surface area contributed by atoms with E-state index in [1.54, 1.807) is 0 Å². The summed E-state index contributed by atoms with van der Waals surface area (Å²) in [6, 6.07) is 0. The molecule has 3 nitrogen and oxygen atoms in total. The molecule has 0 saturated carbocycles. The van der Waals surface area contributed by atoms with Gasteiger partial charge < -0.3 is 4.90 Å². The molecule has 2 N–H and O–H groups in total. The Kier molecular flexibility index (Phi) is 7.45. The Morgan fingerprint density at radius 1 is 1.08 bits per heavy atom. The lowest BCUT2D eigenvalue weighted by Crippen LogP contribution is -2.49. The molecule has 0 bridgehead atoms. The minimum atomic E-state index is 1.03. The van der Waals surface area contributed by atoms with E-state index in [4.69, 9.17) is 5.84 Å². The second-order valence-electron chi connectivity index (χ2n) is 2.88. The molecule has 1 rings (SSSR count). The number of hydrazine groups is 1. The predicted molar refractivity (Wildman–Crippen MR) is 53.8 cm³/mol. The van der Waals surface area contributed by atoms with Gasteiger partial charge in [0.2, 0.25) is 0 Å². The van der Waals surface area contributed by atoms with Crippen LogP contribution in [0, 0.1) is 0 Å². The van der Waals surface area contributed by atoms with Gasteiger partial charge in [0.05, 0.1) is 0 Å².